The average molecular weight is 228 g/mol. The van der Waals surface area contributed by atoms with Crippen LogP contribution < -0.4 is 5.32 Å². The Kier molecular flexibility index (Phi) is 7.01. The van der Waals surface area contributed by atoms with Crippen LogP contribution in [0.15, 0.2) is 0 Å². The Balaban J connectivity index is 2.03. The van der Waals surface area contributed by atoms with Gasteiger partial charge in [-0.1, -0.05) is 27.2 Å². The predicted molar refractivity (Wildman–Crippen MR) is 68.7 cm³/mol. The lowest BCUT2D eigenvalue weighted by atomic mass is 10.1. The molecule has 0 aliphatic carbocycles. The third kappa shape index (κ3) is 5.83. The van der Waals surface area contributed by atoms with E-state index in [2.05, 4.69) is 31.0 Å². The molecule has 1 saturated heterocycles. The molecule has 16 heavy (non-hydrogen) atoms. The zero-order chi connectivity index (χ0) is 11.8. The number of ether oxygens (including phenoxy) is 1. The van der Waals surface area contributed by atoms with E-state index in [1.807, 2.05) is 0 Å². The first-order chi connectivity index (χ1) is 7.72. The van der Waals surface area contributed by atoms with Crippen LogP contribution in [0.4, 0.5) is 0 Å². The zero-order valence-electron chi connectivity index (χ0n) is 11.2. The molecule has 2 unspecified atom stereocenters. The van der Waals surface area contributed by atoms with Crippen molar-refractivity contribution in [1.29, 1.82) is 0 Å². The van der Waals surface area contributed by atoms with E-state index < -0.39 is 0 Å². The van der Waals surface area contributed by atoms with E-state index in [1.165, 1.54) is 13.0 Å². The molecule has 2 atom stereocenters. The van der Waals surface area contributed by atoms with Gasteiger partial charge < -0.3 is 10.1 Å². The second-order valence-corrected chi connectivity index (χ2v) is 5.19. The zero-order valence-corrected chi connectivity index (χ0v) is 11.2. The van der Waals surface area contributed by atoms with Gasteiger partial charge in [-0.05, 0) is 24.9 Å². The monoisotopic (exact) mass is 228 g/mol. The highest BCUT2D eigenvalue weighted by Crippen LogP contribution is 2.03. The van der Waals surface area contributed by atoms with Crippen molar-refractivity contribution in [2.24, 2.45) is 11.8 Å². The Morgan fingerprint density at radius 3 is 2.38 bits per heavy atom. The standard InChI is InChI=1S/C13H28N2O/c1-4-12(2)9-14-10-13(3)11-15-5-7-16-8-6-15/h12-14H,4-11H2,1-3H3. The molecule has 0 aromatic rings. The van der Waals surface area contributed by atoms with Crippen LogP contribution >= 0.6 is 0 Å². The first-order valence-electron chi connectivity index (χ1n) is 6.73. The maximum absolute atomic E-state index is 5.35. The van der Waals surface area contributed by atoms with E-state index in [0.29, 0.717) is 0 Å². The van der Waals surface area contributed by atoms with Gasteiger partial charge in [0, 0.05) is 19.6 Å². The summed E-state index contributed by atoms with van der Waals surface area (Å²) in [5.41, 5.74) is 0. The highest BCUT2D eigenvalue weighted by molar-refractivity contribution is 4.67. The van der Waals surface area contributed by atoms with E-state index in [1.54, 1.807) is 0 Å². The van der Waals surface area contributed by atoms with Crippen LogP contribution in [-0.2, 0) is 4.74 Å². The van der Waals surface area contributed by atoms with Crippen molar-refractivity contribution in [2.45, 2.75) is 27.2 Å². The first kappa shape index (κ1) is 13.9. The fourth-order valence-corrected chi connectivity index (χ4v) is 2.01. The molecule has 0 radical (unpaired) electrons. The van der Waals surface area contributed by atoms with Crippen molar-refractivity contribution in [1.82, 2.24) is 10.2 Å². The van der Waals surface area contributed by atoms with Crippen molar-refractivity contribution < 1.29 is 4.74 Å². The number of hydrogen-bond donors (Lipinski definition) is 1. The molecule has 3 nitrogen and oxygen atoms in total. The maximum atomic E-state index is 5.35. The van der Waals surface area contributed by atoms with Gasteiger partial charge in [-0.2, -0.15) is 0 Å². The molecule has 0 bridgehead atoms. The van der Waals surface area contributed by atoms with Crippen LogP contribution in [0.3, 0.4) is 0 Å². The fourth-order valence-electron chi connectivity index (χ4n) is 2.01. The predicted octanol–water partition coefficient (Wildman–Crippen LogP) is 1.59. The average Bonchev–Trinajstić information content (AvgIpc) is 2.30. The van der Waals surface area contributed by atoms with Crippen LogP contribution in [0.25, 0.3) is 0 Å². The van der Waals surface area contributed by atoms with Gasteiger partial charge in [-0.25, -0.2) is 0 Å². The highest BCUT2D eigenvalue weighted by atomic mass is 16.5. The van der Waals surface area contributed by atoms with Gasteiger partial charge in [0.05, 0.1) is 13.2 Å². The number of nitrogens with one attached hydrogen (secondary N) is 1. The second kappa shape index (κ2) is 8.04. The lowest BCUT2D eigenvalue weighted by Gasteiger charge is -2.29. The molecular weight excluding hydrogens is 200 g/mol. The quantitative estimate of drug-likeness (QED) is 0.716. The second-order valence-electron chi connectivity index (χ2n) is 5.19. The summed E-state index contributed by atoms with van der Waals surface area (Å²) in [6, 6.07) is 0. The topological polar surface area (TPSA) is 24.5 Å². The van der Waals surface area contributed by atoms with E-state index >= 15 is 0 Å². The summed E-state index contributed by atoms with van der Waals surface area (Å²) in [4.78, 5) is 2.51. The highest BCUT2D eigenvalue weighted by Gasteiger charge is 2.13. The Bertz CT molecular complexity index is 169. The van der Waals surface area contributed by atoms with Crippen LogP contribution in [0.1, 0.15) is 27.2 Å². The molecule has 1 aliphatic rings. The summed E-state index contributed by atoms with van der Waals surface area (Å²) in [5, 5.41) is 3.57. The van der Waals surface area contributed by atoms with Crippen molar-refractivity contribution in [3.63, 3.8) is 0 Å². The van der Waals surface area contributed by atoms with E-state index in [9.17, 15) is 0 Å². The summed E-state index contributed by atoms with van der Waals surface area (Å²) in [6.45, 7) is 14.4. The molecule has 3 heteroatoms. The first-order valence-corrected chi connectivity index (χ1v) is 6.73. The van der Waals surface area contributed by atoms with Gasteiger partial charge in [0.2, 0.25) is 0 Å². The molecule has 1 aliphatic heterocycles. The van der Waals surface area contributed by atoms with Gasteiger partial charge in [-0.15, -0.1) is 0 Å². The molecule has 0 amide bonds. The smallest absolute Gasteiger partial charge is 0.0594 e. The minimum absolute atomic E-state index is 0.738. The molecule has 0 saturated carbocycles. The third-order valence-corrected chi connectivity index (χ3v) is 3.36. The Morgan fingerprint density at radius 2 is 1.75 bits per heavy atom. The Hall–Kier alpha value is -0.120. The molecule has 1 N–H and O–H groups in total. The summed E-state index contributed by atoms with van der Waals surface area (Å²) in [5.74, 6) is 1.54. The van der Waals surface area contributed by atoms with Crippen molar-refractivity contribution in [3.05, 3.63) is 0 Å². The van der Waals surface area contributed by atoms with Crippen LogP contribution in [0.2, 0.25) is 0 Å². The largest absolute Gasteiger partial charge is 0.379 e. The van der Waals surface area contributed by atoms with Gasteiger partial charge in [0.1, 0.15) is 0 Å². The van der Waals surface area contributed by atoms with Gasteiger partial charge in [0.15, 0.2) is 0 Å². The van der Waals surface area contributed by atoms with Crippen LogP contribution in [-0.4, -0.2) is 50.8 Å². The van der Waals surface area contributed by atoms with Crippen molar-refractivity contribution in [3.8, 4) is 0 Å². The minimum atomic E-state index is 0.738. The van der Waals surface area contributed by atoms with Crippen LogP contribution in [0, 0.1) is 11.8 Å². The van der Waals surface area contributed by atoms with E-state index in [4.69, 9.17) is 4.74 Å². The van der Waals surface area contributed by atoms with Crippen molar-refractivity contribution >= 4 is 0 Å². The van der Waals surface area contributed by atoms with Crippen LogP contribution in [0.5, 0.6) is 0 Å². The minimum Gasteiger partial charge on any atom is -0.379 e. The summed E-state index contributed by atoms with van der Waals surface area (Å²) < 4.78 is 5.35. The lowest BCUT2D eigenvalue weighted by Crippen LogP contribution is -2.41. The number of hydrogen-bond acceptors (Lipinski definition) is 3. The van der Waals surface area contributed by atoms with Gasteiger partial charge in [0.25, 0.3) is 0 Å². The Morgan fingerprint density at radius 1 is 1.12 bits per heavy atom. The number of nitrogens with zero attached hydrogens (tertiary/aromatic N) is 1. The third-order valence-electron chi connectivity index (χ3n) is 3.36. The summed E-state index contributed by atoms with van der Waals surface area (Å²) in [7, 11) is 0. The molecule has 1 heterocycles. The molecule has 1 fully saturated rings. The lowest BCUT2D eigenvalue weighted by molar-refractivity contribution is 0.0318. The summed E-state index contributed by atoms with van der Waals surface area (Å²) in [6.07, 6.45) is 1.27. The van der Waals surface area contributed by atoms with Gasteiger partial charge >= 0.3 is 0 Å². The normalized spacial score (nSPS) is 21.9. The molecule has 1 rings (SSSR count). The van der Waals surface area contributed by atoms with E-state index in [-0.39, 0.29) is 0 Å². The number of morpholine rings is 1. The number of rotatable bonds is 7. The van der Waals surface area contributed by atoms with Crippen molar-refractivity contribution in [2.75, 3.05) is 45.9 Å². The van der Waals surface area contributed by atoms with Gasteiger partial charge in [-0.3, -0.25) is 4.90 Å². The SMILES string of the molecule is CCC(C)CNCC(C)CN1CCOCC1. The molecule has 0 aromatic carbocycles. The summed E-state index contributed by atoms with van der Waals surface area (Å²) >= 11 is 0. The maximum Gasteiger partial charge on any atom is 0.0594 e. The Labute approximate surface area is 101 Å². The molecule has 0 spiro atoms. The fraction of sp³-hybridized carbons (Fsp3) is 1.00. The van der Waals surface area contributed by atoms with E-state index in [0.717, 1.165) is 51.2 Å². The molecule has 96 valence electrons. The molecular formula is C13H28N2O. The molecule has 0 aromatic heterocycles.